The van der Waals surface area contributed by atoms with E-state index in [0.29, 0.717) is 26.4 Å². The lowest BCUT2D eigenvalue weighted by molar-refractivity contribution is -0.136. The van der Waals surface area contributed by atoms with Gasteiger partial charge in [0.25, 0.3) is 0 Å². The lowest BCUT2D eigenvalue weighted by Crippen LogP contribution is -2.35. The van der Waals surface area contributed by atoms with Crippen LogP contribution in [0.4, 0.5) is 0 Å². The highest BCUT2D eigenvalue weighted by molar-refractivity contribution is 5.77. The predicted octanol–water partition coefficient (Wildman–Crippen LogP) is 0.381. The Balaban J connectivity index is 2.03. The van der Waals surface area contributed by atoms with Crippen molar-refractivity contribution in [1.82, 2.24) is 4.90 Å². The smallest absolute Gasteiger partial charge is 0.248 e. The summed E-state index contributed by atoms with van der Waals surface area (Å²) in [5.41, 5.74) is 5.28. The van der Waals surface area contributed by atoms with Gasteiger partial charge in [-0.2, -0.15) is 0 Å². The van der Waals surface area contributed by atoms with Crippen molar-refractivity contribution in [3.63, 3.8) is 0 Å². The lowest BCUT2D eigenvalue weighted by atomic mass is 10.2. The zero-order chi connectivity index (χ0) is 12.3. The number of ether oxygens (including phenoxy) is 2. The summed E-state index contributed by atoms with van der Waals surface area (Å²) in [6, 6.07) is 0. The van der Waals surface area contributed by atoms with Gasteiger partial charge in [0.2, 0.25) is 5.91 Å². The Morgan fingerprint density at radius 1 is 1.00 bits per heavy atom. The molecule has 0 aromatic carbocycles. The highest BCUT2D eigenvalue weighted by Gasteiger charge is 2.14. The molecule has 0 aromatic rings. The Kier molecular flexibility index (Phi) is 7.96. The summed E-state index contributed by atoms with van der Waals surface area (Å²) in [6.07, 6.45) is 4.70. The molecule has 1 aliphatic heterocycles. The van der Waals surface area contributed by atoms with Gasteiger partial charge in [0, 0.05) is 19.6 Å². The predicted molar refractivity (Wildman–Crippen MR) is 65.7 cm³/mol. The molecule has 0 aromatic heterocycles. The number of nitrogens with two attached hydrogens (primary N) is 1. The van der Waals surface area contributed by atoms with Crippen LogP contribution in [0.25, 0.3) is 0 Å². The van der Waals surface area contributed by atoms with E-state index in [1.165, 1.54) is 12.8 Å². The molecule has 0 spiro atoms. The Morgan fingerprint density at radius 3 is 2.29 bits per heavy atom. The molecule has 100 valence electrons. The second-order valence-electron chi connectivity index (χ2n) is 4.25. The first kappa shape index (κ1) is 14.4. The minimum Gasteiger partial charge on any atom is -0.378 e. The Hall–Kier alpha value is -0.650. The molecule has 1 heterocycles. The van der Waals surface area contributed by atoms with Gasteiger partial charge in [0.15, 0.2) is 0 Å². The van der Waals surface area contributed by atoms with Gasteiger partial charge in [-0.05, 0) is 12.8 Å². The normalized spacial score (nSPS) is 16.9. The second-order valence-corrected chi connectivity index (χ2v) is 4.25. The number of hydrogen-bond acceptors (Lipinski definition) is 4. The monoisotopic (exact) mass is 244 g/mol. The van der Waals surface area contributed by atoms with Crippen LogP contribution in [0, 0.1) is 0 Å². The van der Waals surface area contributed by atoms with E-state index in [4.69, 9.17) is 15.2 Å². The minimum atomic E-state index is 0.103. The van der Waals surface area contributed by atoms with Gasteiger partial charge in [-0.25, -0.2) is 0 Å². The van der Waals surface area contributed by atoms with Crippen LogP contribution < -0.4 is 5.73 Å². The lowest BCUT2D eigenvalue weighted by Gasteiger charge is -2.20. The first-order valence-corrected chi connectivity index (χ1v) is 6.48. The quantitative estimate of drug-likeness (QED) is 0.658. The summed E-state index contributed by atoms with van der Waals surface area (Å²) >= 11 is 0. The molecule has 2 N–H and O–H groups in total. The van der Waals surface area contributed by atoms with Gasteiger partial charge in [-0.15, -0.1) is 0 Å². The van der Waals surface area contributed by atoms with Gasteiger partial charge >= 0.3 is 0 Å². The van der Waals surface area contributed by atoms with E-state index < -0.39 is 0 Å². The fourth-order valence-electron chi connectivity index (χ4n) is 1.87. The van der Waals surface area contributed by atoms with E-state index in [0.717, 1.165) is 25.9 Å². The van der Waals surface area contributed by atoms with E-state index in [2.05, 4.69) is 0 Å². The van der Waals surface area contributed by atoms with Crippen molar-refractivity contribution in [2.24, 2.45) is 5.73 Å². The van der Waals surface area contributed by atoms with Crippen molar-refractivity contribution in [2.75, 3.05) is 46.1 Å². The number of rotatable bonds is 7. The van der Waals surface area contributed by atoms with Gasteiger partial charge < -0.3 is 20.1 Å². The van der Waals surface area contributed by atoms with Crippen molar-refractivity contribution >= 4 is 5.91 Å². The summed E-state index contributed by atoms with van der Waals surface area (Å²) in [5, 5.41) is 0. The maximum atomic E-state index is 11.8. The molecule has 0 atom stereocenters. The van der Waals surface area contributed by atoms with E-state index >= 15 is 0 Å². The molecule has 0 saturated carbocycles. The molecule has 5 nitrogen and oxygen atoms in total. The SMILES string of the molecule is NCCOCCOCC(=O)N1CCCCCC1. The molecule has 1 saturated heterocycles. The zero-order valence-corrected chi connectivity index (χ0v) is 10.5. The minimum absolute atomic E-state index is 0.103. The maximum absolute atomic E-state index is 11.8. The summed E-state index contributed by atoms with van der Waals surface area (Å²) in [5.74, 6) is 0.103. The molecule has 1 aliphatic rings. The van der Waals surface area contributed by atoms with Gasteiger partial charge in [-0.1, -0.05) is 12.8 Å². The van der Waals surface area contributed by atoms with Crippen molar-refractivity contribution in [3.8, 4) is 0 Å². The van der Waals surface area contributed by atoms with Crippen LogP contribution in [0.1, 0.15) is 25.7 Å². The molecular formula is C12H24N2O3. The number of amides is 1. The molecule has 0 aliphatic carbocycles. The fourth-order valence-corrected chi connectivity index (χ4v) is 1.87. The molecule has 1 amide bonds. The largest absolute Gasteiger partial charge is 0.378 e. The first-order chi connectivity index (χ1) is 8.34. The average Bonchev–Trinajstić information content (AvgIpc) is 2.62. The molecule has 5 heteroatoms. The van der Waals surface area contributed by atoms with Crippen LogP contribution in [0.2, 0.25) is 0 Å². The molecule has 17 heavy (non-hydrogen) atoms. The van der Waals surface area contributed by atoms with Crippen LogP contribution >= 0.6 is 0 Å². The molecule has 1 fully saturated rings. The molecule has 0 bridgehead atoms. The van der Waals surface area contributed by atoms with E-state index in [-0.39, 0.29) is 12.5 Å². The van der Waals surface area contributed by atoms with Crippen LogP contribution in [-0.2, 0) is 14.3 Å². The summed E-state index contributed by atoms with van der Waals surface area (Å²) < 4.78 is 10.4. The first-order valence-electron chi connectivity index (χ1n) is 6.48. The number of nitrogens with zero attached hydrogens (tertiary/aromatic N) is 1. The molecule has 0 radical (unpaired) electrons. The average molecular weight is 244 g/mol. The highest BCUT2D eigenvalue weighted by Crippen LogP contribution is 2.09. The standard InChI is InChI=1S/C12H24N2O3/c13-5-8-16-9-10-17-11-12(15)14-6-3-1-2-4-7-14/h1-11,13H2. The summed E-state index contributed by atoms with van der Waals surface area (Å²) in [7, 11) is 0. The number of hydrogen-bond donors (Lipinski definition) is 1. The highest BCUT2D eigenvalue weighted by atomic mass is 16.5. The fraction of sp³-hybridized carbons (Fsp3) is 0.917. The van der Waals surface area contributed by atoms with Crippen molar-refractivity contribution in [3.05, 3.63) is 0 Å². The van der Waals surface area contributed by atoms with Gasteiger partial charge in [0.1, 0.15) is 6.61 Å². The maximum Gasteiger partial charge on any atom is 0.248 e. The third-order valence-corrected chi connectivity index (χ3v) is 2.82. The van der Waals surface area contributed by atoms with E-state index in [1.807, 2.05) is 4.90 Å². The van der Waals surface area contributed by atoms with Gasteiger partial charge in [-0.3, -0.25) is 4.79 Å². The van der Waals surface area contributed by atoms with Crippen LogP contribution in [0.3, 0.4) is 0 Å². The van der Waals surface area contributed by atoms with Crippen LogP contribution in [0.5, 0.6) is 0 Å². The van der Waals surface area contributed by atoms with Gasteiger partial charge in [0.05, 0.1) is 19.8 Å². The number of carbonyl (C=O) groups is 1. The second kappa shape index (κ2) is 9.39. The molecule has 0 unspecified atom stereocenters. The number of carbonyl (C=O) groups excluding carboxylic acids is 1. The van der Waals surface area contributed by atoms with Crippen molar-refractivity contribution in [1.29, 1.82) is 0 Å². The van der Waals surface area contributed by atoms with Crippen LogP contribution in [0.15, 0.2) is 0 Å². The Bertz CT molecular complexity index is 204. The van der Waals surface area contributed by atoms with E-state index in [9.17, 15) is 4.79 Å². The van der Waals surface area contributed by atoms with Crippen LogP contribution in [-0.4, -0.2) is 56.9 Å². The summed E-state index contributed by atoms with van der Waals surface area (Å²) in [6.45, 7) is 3.96. The Labute approximate surface area is 103 Å². The summed E-state index contributed by atoms with van der Waals surface area (Å²) in [4.78, 5) is 13.7. The van der Waals surface area contributed by atoms with Crippen molar-refractivity contribution < 1.29 is 14.3 Å². The molecular weight excluding hydrogens is 220 g/mol. The number of likely N-dealkylation sites (tertiary alicyclic amines) is 1. The molecule has 1 rings (SSSR count). The zero-order valence-electron chi connectivity index (χ0n) is 10.5. The third kappa shape index (κ3) is 6.61. The Morgan fingerprint density at radius 2 is 1.65 bits per heavy atom. The topological polar surface area (TPSA) is 64.8 Å². The third-order valence-electron chi connectivity index (χ3n) is 2.82. The van der Waals surface area contributed by atoms with E-state index in [1.54, 1.807) is 0 Å². The van der Waals surface area contributed by atoms with Crippen molar-refractivity contribution in [2.45, 2.75) is 25.7 Å².